The van der Waals surface area contributed by atoms with Crippen LogP contribution < -0.4 is 10.5 Å². The smallest absolute Gasteiger partial charge is 0.238 e. The summed E-state index contributed by atoms with van der Waals surface area (Å²) in [5, 5.41) is 7.97. The van der Waals surface area contributed by atoms with E-state index in [1.165, 1.54) is 29.0 Å². The summed E-state index contributed by atoms with van der Waals surface area (Å²) in [6, 6.07) is 5.80. The van der Waals surface area contributed by atoms with Gasteiger partial charge in [0.05, 0.1) is 10.6 Å². The summed E-state index contributed by atoms with van der Waals surface area (Å²) in [6.07, 6.45) is 3.49. The van der Waals surface area contributed by atoms with Crippen molar-refractivity contribution in [2.75, 3.05) is 5.32 Å². The average Bonchev–Trinajstić information content (AvgIpc) is 2.96. The zero-order chi connectivity index (χ0) is 15.0. The molecule has 7 heteroatoms. The van der Waals surface area contributed by atoms with Gasteiger partial charge in [-0.1, -0.05) is 0 Å². The minimum atomic E-state index is -3.87. The zero-order valence-electron chi connectivity index (χ0n) is 11.2. The van der Waals surface area contributed by atoms with Gasteiger partial charge in [-0.2, -0.15) is 0 Å². The van der Waals surface area contributed by atoms with Crippen LogP contribution in [0.5, 0.6) is 0 Å². The number of hydrogen-bond acceptors (Lipinski definition) is 4. The van der Waals surface area contributed by atoms with Crippen LogP contribution in [0.1, 0.15) is 21.7 Å². The molecule has 0 aliphatic heterocycles. The van der Waals surface area contributed by atoms with Crippen LogP contribution in [0.2, 0.25) is 0 Å². The summed E-state index contributed by atoms with van der Waals surface area (Å²) < 4.78 is 36.2. The first-order chi connectivity index (χ1) is 9.93. The number of benzene rings is 1. The van der Waals surface area contributed by atoms with E-state index in [4.69, 9.17) is 5.14 Å². The van der Waals surface area contributed by atoms with Crippen molar-refractivity contribution < 1.29 is 12.8 Å². The van der Waals surface area contributed by atoms with Gasteiger partial charge in [-0.25, -0.2) is 17.9 Å². The Kier molecular flexibility index (Phi) is 3.73. The van der Waals surface area contributed by atoms with Crippen molar-refractivity contribution in [3.8, 4) is 0 Å². The van der Waals surface area contributed by atoms with Gasteiger partial charge in [0.25, 0.3) is 0 Å². The van der Waals surface area contributed by atoms with Crippen LogP contribution in [0.3, 0.4) is 0 Å². The van der Waals surface area contributed by atoms with Gasteiger partial charge in [0.1, 0.15) is 5.82 Å². The predicted molar refractivity (Wildman–Crippen MR) is 81.4 cm³/mol. The van der Waals surface area contributed by atoms with Crippen molar-refractivity contribution in [3.05, 3.63) is 45.4 Å². The fourth-order valence-electron chi connectivity index (χ4n) is 2.48. The second kappa shape index (κ2) is 5.40. The van der Waals surface area contributed by atoms with E-state index < -0.39 is 15.8 Å². The molecule has 0 bridgehead atoms. The van der Waals surface area contributed by atoms with Gasteiger partial charge in [-0.05, 0) is 49.1 Å². The number of sulfonamides is 1. The molecular formula is C14H15FN2O2S2. The lowest BCUT2D eigenvalue weighted by atomic mass is 10.2. The number of nitrogens with one attached hydrogen (secondary N) is 1. The summed E-state index contributed by atoms with van der Waals surface area (Å²) in [4.78, 5) is 2.37. The third-order valence-corrected chi connectivity index (χ3v) is 5.67. The summed E-state index contributed by atoms with van der Waals surface area (Å²) >= 11 is 1.75. The quantitative estimate of drug-likeness (QED) is 0.907. The maximum absolute atomic E-state index is 13.9. The Hall–Kier alpha value is -1.44. The van der Waals surface area contributed by atoms with E-state index in [1.807, 2.05) is 0 Å². The highest BCUT2D eigenvalue weighted by atomic mass is 32.2. The molecule has 0 saturated heterocycles. The number of aryl methyl sites for hydroxylation is 2. The molecule has 3 rings (SSSR count). The van der Waals surface area contributed by atoms with Gasteiger partial charge in [-0.3, -0.25) is 0 Å². The van der Waals surface area contributed by atoms with E-state index in [0.29, 0.717) is 6.54 Å². The third kappa shape index (κ3) is 3.09. The van der Waals surface area contributed by atoms with E-state index in [2.05, 4.69) is 11.4 Å². The molecule has 112 valence electrons. The molecule has 1 heterocycles. The predicted octanol–water partition coefficient (Wildman–Crippen LogP) is 2.64. The normalized spacial score (nSPS) is 14.2. The highest BCUT2D eigenvalue weighted by Gasteiger charge is 2.15. The van der Waals surface area contributed by atoms with Gasteiger partial charge in [0, 0.05) is 16.3 Å². The van der Waals surface area contributed by atoms with Gasteiger partial charge in [-0.15, -0.1) is 11.3 Å². The minimum Gasteiger partial charge on any atom is -0.378 e. The summed E-state index contributed by atoms with van der Waals surface area (Å²) in [6.45, 7) is 0.531. The lowest BCUT2D eigenvalue weighted by Gasteiger charge is -2.07. The van der Waals surface area contributed by atoms with E-state index in [0.717, 1.165) is 23.8 Å². The maximum Gasteiger partial charge on any atom is 0.238 e. The second-order valence-corrected chi connectivity index (χ2v) is 7.84. The molecule has 0 unspecified atom stereocenters. The summed E-state index contributed by atoms with van der Waals surface area (Å²) in [5.41, 5.74) is 1.68. The zero-order valence-corrected chi connectivity index (χ0v) is 12.9. The fraction of sp³-hybridized carbons (Fsp3) is 0.286. The SMILES string of the molecule is NS(=O)(=O)c1ccc(NCc2cc3c(s2)CCC3)c(F)c1. The van der Waals surface area contributed by atoms with Crippen LogP contribution in [-0.2, 0) is 29.4 Å². The Morgan fingerprint density at radius 3 is 2.76 bits per heavy atom. The van der Waals surface area contributed by atoms with Crippen LogP contribution in [0.15, 0.2) is 29.2 Å². The third-order valence-electron chi connectivity index (χ3n) is 3.52. The molecule has 0 fully saturated rings. The fourth-order valence-corrected chi connectivity index (χ4v) is 4.20. The van der Waals surface area contributed by atoms with Crippen molar-refractivity contribution in [3.63, 3.8) is 0 Å². The van der Waals surface area contributed by atoms with E-state index >= 15 is 0 Å². The lowest BCUT2D eigenvalue weighted by Crippen LogP contribution is -2.12. The number of rotatable bonds is 4. The second-order valence-electron chi connectivity index (χ2n) is 5.05. The number of primary sulfonamides is 1. The molecule has 1 aliphatic carbocycles. The Balaban J connectivity index is 1.73. The number of halogens is 1. The van der Waals surface area contributed by atoms with E-state index in [9.17, 15) is 12.8 Å². The van der Waals surface area contributed by atoms with Crippen molar-refractivity contribution >= 4 is 27.0 Å². The first kappa shape index (κ1) is 14.5. The highest BCUT2D eigenvalue weighted by Crippen LogP contribution is 2.31. The van der Waals surface area contributed by atoms with Crippen LogP contribution in [0.25, 0.3) is 0 Å². The minimum absolute atomic E-state index is 0.222. The average molecular weight is 326 g/mol. The Bertz CT molecular complexity index is 763. The molecule has 1 aromatic heterocycles. The molecule has 0 atom stereocenters. The number of thiophene rings is 1. The number of nitrogens with two attached hydrogens (primary N) is 1. The van der Waals surface area contributed by atoms with Crippen LogP contribution >= 0.6 is 11.3 Å². The van der Waals surface area contributed by atoms with Crippen molar-refractivity contribution in [1.82, 2.24) is 0 Å². The molecule has 0 saturated carbocycles. The van der Waals surface area contributed by atoms with Crippen molar-refractivity contribution in [2.24, 2.45) is 5.14 Å². The molecule has 3 N–H and O–H groups in total. The molecule has 1 aromatic carbocycles. The molecule has 1 aliphatic rings. The first-order valence-electron chi connectivity index (χ1n) is 6.60. The van der Waals surface area contributed by atoms with Gasteiger partial charge < -0.3 is 5.32 Å². The monoisotopic (exact) mass is 326 g/mol. The summed E-state index contributed by atoms with van der Waals surface area (Å²) in [5.74, 6) is -0.620. The molecule has 0 spiro atoms. The molecule has 0 amide bonds. The lowest BCUT2D eigenvalue weighted by molar-refractivity contribution is 0.593. The Morgan fingerprint density at radius 2 is 2.10 bits per heavy atom. The maximum atomic E-state index is 13.9. The van der Waals surface area contributed by atoms with Crippen molar-refractivity contribution in [2.45, 2.75) is 30.7 Å². The topological polar surface area (TPSA) is 72.2 Å². The first-order valence-corrected chi connectivity index (χ1v) is 8.96. The highest BCUT2D eigenvalue weighted by molar-refractivity contribution is 7.89. The van der Waals surface area contributed by atoms with Crippen LogP contribution in [0, 0.1) is 5.82 Å². The van der Waals surface area contributed by atoms with Crippen LogP contribution in [-0.4, -0.2) is 8.42 Å². The van der Waals surface area contributed by atoms with Gasteiger partial charge >= 0.3 is 0 Å². The molecule has 4 nitrogen and oxygen atoms in total. The van der Waals surface area contributed by atoms with Gasteiger partial charge in [0.15, 0.2) is 0 Å². The summed E-state index contributed by atoms with van der Waals surface area (Å²) in [7, 11) is -3.87. The molecule has 2 aromatic rings. The molecule has 0 radical (unpaired) electrons. The standard InChI is InChI=1S/C14H15FN2O2S2/c15-12-7-11(21(16,18)19)4-5-13(12)17-8-10-6-9-2-1-3-14(9)20-10/h4-7,17H,1-3,8H2,(H2,16,18,19). The Morgan fingerprint density at radius 1 is 1.29 bits per heavy atom. The number of anilines is 1. The number of fused-ring (bicyclic) bond motifs is 1. The van der Waals surface area contributed by atoms with E-state index in [1.54, 1.807) is 11.3 Å². The van der Waals surface area contributed by atoms with Gasteiger partial charge in [0.2, 0.25) is 10.0 Å². The van der Waals surface area contributed by atoms with Crippen molar-refractivity contribution in [1.29, 1.82) is 0 Å². The molecular weight excluding hydrogens is 311 g/mol. The number of hydrogen-bond donors (Lipinski definition) is 2. The Labute approximate surface area is 126 Å². The molecule has 21 heavy (non-hydrogen) atoms. The van der Waals surface area contributed by atoms with E-state index in [-0.39, 0.29) is 10.6 Å². The van der Waals surface area contributed by atoms with Crippen LogP contribution in [0.4, 0.5) is 10.1 Å². The largest absolute Gasteiger partial charge is 0.378 e.